The Morgan fingerprint density at radius 3 is 2.89 bits per heavy atom. The number of carbonyl (C=O) groups is 3. The fraction of sp³-hybridized carbons (Fsp3) is 0.550. The van der Waals surface area contributed by atoms with Crippen molar-refractivity contribution in [1.82, 2.24) is 20.9 Å². The van der Waals surface area contributed by atoms with Gasteiger partial charge in [-0.15, -0.1) is 0 Å². The van der Waals surface area contributed by atoms with Gasteiger partial charge in [0.1, 0.15) is 6.04 Å². The zero-order chi connectivity index (χ0) is 18.5. The first-order valence-electron chi connectivity index (χ1n) is 9.84. The molecule has 1 aliphatic carbocycles. The van der Waals surface area contributed by atoms with Crippen LogP contribution in [0.2, 0.25) is 0 Å². The minimum Gasteiger partial charge on any atom is -0.322 e. The molecule has 142 valence electrons. The van der Waals surface area contributed by atoms with E-state index in [9.17, 15) is 14.4 Å². The zero-order valence-electron chi connectivity index (χ0n) is 15.2. The van der Waals surface area contributed by atoms with Crippen LogP contribution in [-0.2, 0) is 22.7 Å². The number of rotatable bonds is 4. The van der Waals surface area contributed by atoms with Crippen LogP contribution in [0.3, 0.4) is 0 Å². The second-order valence-electron chi connectivity index (χ2n) is 8.08. The van der Waals surface area contributed by atoms with Gasteiger partial charge in [0.15, 0.2) is 0 Å². The first kappa shape index (κ1) is 16.9. The lowest BCUT2D eigenvalue weighted by atomic mass is 9.75. The molecule has 2 saturated heterocycles. The van der Waals surface area contributed by atoms with Crippen LogP contribution in [0.5, 0.6) is 0 Å². The van der Waals surface area contributed by atoms with Crippen molar-refractivity contribution < 1.29 is 14.4 Å². The molecule has 5 rings (SSSR count). The van der Waals surface area contributed by atoms with Gasteiger partial charge in [-0.25, -0.2) is 0 Å². The topological polar surface area (TPSA) is 90.5 Å². The van der Waals surface area contributed by atoms with Crippen molar-refractivity contribution in [3.63, 3.8) is 0 Å². The van der Waals surface area contributed by atoms with Crippen molar-refractivity contribution in [3.8, 4) is 0 Å². The number of piperidine rings is 1. The number of hydrogen-bond acceptors (Lipinski definition) is 5. The zero-order valence-corrected chi connectivity index (χ0v) is 15.2. The summed E-state index contributed by atoms with van der Waals surface area (Å²) in [5.74, 6) is 0.000224. The van der Waals surface area contributed by atoms with Gasteiger partial charge in [-0.3, -0.25) is 19.7 Å². The van der Waals surface area contributed by atoms with Crippen LogP contribution in [0.4, 0.5) is 0 Å². The second kappa shape index (κ2) is 6.42. The van der Waals surface area contributed by atoms with Crippen molar-refractivity contribution >= 4 is 17.7 Å². The Labute approximate surface area is 157 Å². The summed E-state index contributed by atoms with van der Waals surface area (Å²) >= 11 is 0. The van der Waals surface area contributed by atoms with Crippen molar-refractivity contribution in [2.45, 2.75) is 56.9 Å². The lowest BCUT2D eigenvalue weighted by Gasteiger charge is -2.40. The Bertz CT molecular complexity index is 823. The molecule has 1 unspecified atom stereocenters. The molecular formula is C20H24N4O3. The number of imide groups is 1. The van der Waals surface area contributed by atoms with E-state index in [4.69, 9.17) is 0 Å². The van der Waals surface area contributed by atoms with Gasteiger partial charge < -0.3 is 15.5 Å². The van der Waals surface area contributed by atoms with Crippen molar-refractivity contribution in [2.75, 3.05) is 6.54 Å². The summed E-state index contributed by atoms with van der Waals surface area (Å²) in [6.45, 7) is 2.30. The molecule has 27 heavy (non-hydrogen) atoms. The molecule has 1 aromatic carbocycles. The van der Waals surface area contributed by atoms with Crippen molar-refractivity contribution in [1.29, 1.82) is 0 Å². The molecule has 3 fully saturated rings. The first-order chi connectivity index (χ1) is 13.1. The van der Waals surface area contributed by atoms with E-state index in [2.05, 4.69) is 22.0 Å². The summed E-state index contributed by atoms with van der Waals surface area (Å²) in [6, 6.07) is 6.49. The summed E-state index contributed by atoms with van der Waals surface area (Å²) in [4.78, 5) is 38.1. The molecule has 3 aliphatic heterocycles. The van der Waals surface area contributed by atoms with Crippen LogP contribution in [0.15, 0.2) is 18.2 Å². The smallest absolute Gasteiger partial charge is 0.255 e. The fourth-order valence-corrected chi connectivity index (χ4v) is 5.07. The van der Waals surface area contributed by atoms with E-state index in [0.29, 0.717) is 30.6 Å². The molecule has 4 atom stereocenters. The number of nitrogens with zero attached hydrogens (tertiary/aromatic N) is 1. The third kappa shape index (κ3) is 2.76. The average Bonchev–Trinajstić information content (AvgIpc) is 3.17. The quantitative estimate of drug-likeness (QED) is 0.665. The van der Waals surface area contributed by atoms with E-state index in [0.717, 1.165) is 30.1 Å². The maximum atomic E-state index is 12.9. The maximum absolute atomic E-state index is 12.9. The standard InChI is InChI=1S/C20H24N4O3/c25-18-5-4-17(19(26)23-18)24-10-14-11(2-1-3-12(14)20(24)27)9-22-16-8-15-13(16)6-7-21-15/h1-3,13,15-17,21-22H,4-10H2,(H,23,25,26)/t13-,15-,16+,17?/m0/s1. The highest BCUT2D eigenvalue weighted by atomic mass is 16.2. The molecule has 0 radical (unpaired) electrons. The summed E-state index contributed by atoms with van der Waals surface area (Å²) in [5, 5.41) is 9.55. The Kier molecular flexibility index (Phi) is 4.02. The highest BCUT2D eigenvalue weighted by Gasteiger charge is 2.44. The summed E-state index contributed by atoms with van der Waals surface area (Å²) < 4.78 is 0. The van der Waals surface area contributed by atoms with E-state index >= 15 is 0 Å². The molecule has 3 amide bonds. The third-order valence-corrected chi connectivity index (χ3v) is 6.66. The molecule has 0 bridgehead atoms. The minimum absolute atomic E-state index is 0.106. The van der Waals surface area contributed by atoms with Gasteiger partial charge in [-0.05, 0) is 48.9 Å². The predicted molar refractivity (Wildman–Crippen MR) is 97.6 cm³/mol. The van der Waals surface area contributed by atoms with E-state index in [-0.39, 0.29) is 24.1 Å². The van der Waals surface area contributed by atoms with Crippen molar-refractivity contribution in [2.24, 2.45) is 5.92 Å². The van der Waals surface area contributed by atoms with Gasteiger partial charge in [0.05, 0.1) is 0 Å². The molecule has 3 N–H and O–H groups in total. The molecular weight excluding hydrogens is 344 g/mol. The highest BCUT2D eigenvalue weighted by Crippen LogP contribution is 2.35. The summed E-state index contributed by atoms with van der Waals surface area (Å²) in [7, 11) is 0. The molecule has 1 aromatic rings. The summed E-state index contributed by atoms with van der Waals surface area (Å²) in [6.07, 6.45) is 3.08. The lowest BCUT2D eigenvalue weighted by Crippen LogP contribution is -2.54. The molecule has 7 heteroatoms. The van der Waals surface area contributed by atoms with Gasteiger partial charge in [0, 0.05) is 37.2 Å². The van der Waals surface area contributed by atoms with Crippen LogP contribution >= 0.6 is 0 Å². The normalized spacial score (nSPS) is 32.1. The number of amides is 3. The molecule has 3 heterocycles. The van der Waals surface area contributed by atoms with Gasteiger partial charge >= 0.3 is 0 Å². The Balaban J connectivity index is 1.30. The Hall–Kier alpha value is -2.25. The van der Waals surface area contributed by atoms with Crippen LogP contribution in [0.1, 0.15) is 47.2 Å². The first-order valence-corrected chi connectivity index (χ1v) is 9.84. The Morgan fingerprint density at radius 2 is 2.07 bits per heavy atom. The summed E-state index contributed by atoms with van der Waals surface area (Å²) in [5.41, 5.74) is 2.83. The highest BCUT2D eigenvalue weighted by molar-refractivity contribution is 6.05. The molecule has 0 spiro atoms. The van der Waals surface area contributed by atoms with Crippen LogP contribution in [0.25, 0.3) is 0 Å². The van der Waals surface area contributed by atoms with Gasteiger partial charge in [0.25, 0.3) is 5.91 Å². The van der Waals surface area contributed by atoms with E-state index in [1.165, 1.54) is 12.8 Å². The van der Waals surface area contributed by atoms with Gasteiger partial charge in [0.2, 0.25) is 11.8 Å². The monoisotopic (exact) mass is 368 g/mol. The number of nitrogens with one attached hydrogen (secondary N) is 3. The third-order valence-electron chi connectivity index (χ3n) is 6.66. The SMILES string of the molecule is O=C1CCC(N2Cc3c(CN[C@@H]4C[C@@H]5NCC[C@@H]54)cccc3C2=O)C(=O)N1. The number of carbonyl (C=O) groups excluding carboxylic acids is 3. The number of hydrogen-bond donors (Lipinski definition) is 3. The fourth-order valence-electron chi connectivity index (χ4n) is 5.07. The van der Waals surface area contributed by atoms with Gasteiger partial charge in [-0.1, -0.05) is 12.1 Å². The van der Waals surface area contributed by atoms with E-state index in [1.807, 2.05) is 12.1 Å². The minimum atomic E-state index is -0.555. The molecule has 7 nitrogen and oxygen atoms in total. The molecule has 1 saturated carbocycles. The molecule has 4 aliphatic rings. The van der Waals surface area contributed by atoms with Crippen molar-refractivity contribution in [3.05, 3.63) is 34.9 Å². The van der Waals surface area contributed by atoms with Gasteiger partial charge in [-0.2, -0.15) is 0 Å². The van der Waals surface area contributed by atoms with E-state index in [1.54, 1.807) is 4.90 Å². The second-order valence-corrected chi connectivity index (χ2v) is 8.08. The molecule has 0 aromatic heterocycles. The number of fused-ring (bicyclic) bond motifs is 2. The lowest BCUT2D eigenvalue weighted by molar-refractivity contribution is -0.136. The maximum Gasteiger partial charge on any atom is 0.255 e. The predicted octanol–water partition coefficient (Wildman–Crippen LogP) is 0.288. The van der Waals surface area contributed by atoms with Crippen LogP contribution in [-0.4, -0.2) is 47.3 Å². The van der Waals surface area contributed by atoms with Crippen LogP contribution < -0.4 is 16.0 Å². The van der Waals surface area contributed by atoms with E-state index < -0.39 is 6.04 Å². The largest absolute Gasteiger partial charge is 0.322 e. The Morgan fingerprint density at radius 1 is 1.19 bits per heavy atom. The van der Waals surface area contributed by atoms with Crippen LogP contribution in [0, 0.1) is 5.92 Å². The number of benzene rings is 1. The average molecular weight is 368 g/mol.